The molecule has 0 bridgehead atoms. The summed E-state index contributed by atoms with van der Waals surface area (Å²) in [7, 11) is 2.73. The Morgan fingerprint density at radius 2 is 2.13 bits per heavy atom. The number of aryl methyl sites for hydroxylation is 2. The Hall–Kier alpha value is -2.12. The molecule has 1 unspecified atom stereocenters. The van der Waals surface area contributed by atoms with E-state index in [9.17, 15) is 0 Å². The molecule has 1 aromatic rings. The molecule has 6 nitrogen and oxygen atoms in total. The van der Waals surface area contributed by atoms with E-state index in [-0.39, 0.29) is 0 Å². The summed E-state index contributed by atoms with van der Waals surface area (Å²) in [4.78, 5) is 5.77. The molecule has 0 saturated heterocycles. The molecule has 7 heteroatoms. The van der Waals surface area contributed by atoms with E-state index >= 15 is 0 Å². The van der Waals surface area contributed by atoms with E-state index in [2.05, 4.69) is 25.2 Å². The first-order chi connectivity index (χ1) is 14.6. The molecule has 1 atom stereocenters. The van der Waals surface area contributed by atoms with Gasteiger partial charge in [0.25, 0.3) is 12.0 Å². The van der Waals surface area contributed by atoms with Crippen molar-refractivity contribution in [2.75, 3.05) is 26.1 Å². The standard InChI is InChI=1S/C23H29N2O4S/c1-5-6-9-16-14(2)11-15-8-7-10-17(15)20(16)25-22-24-13-23(28-22)18-12-19(26-3)29-30(18)21(23)27-4/h11-12H,5-10,13H2,1-4H3,(H,24,25)/q-1. The lowest BCUT2D eigenvalue weighted by atomic mass is 9.94. The van der Waals surface area contributed by atoms with E-state index in [1.807, 2.05) is 6.08 Å². The summed E-state index contributed by atoms with van der Waals surface area (Å²) in [5.41, 5.74) is 6.19. The van der Waals surface area contributed by atoms with E-state index in [0.717, 1.165) is 29.2 Å². The van der Waals surface area contributed by atoms with Crippen LogP contribution in [0.15, 0.2) is 23.1 Å². The summed E-state index contributed by atoms with van der Waals surface area (Å²) in [5, 5.41) is 4.37. The van der Waals surface area contributed by atoms with Gasteiger partial charge in [0.2, 0.25) is 0 Å². The van der Waals surface area contributed by atoms with Gasteiger partial charge in [-0.15, -0.1) is 0 Å². The van der Waals surface area contributed by atoms with Crippen LogP contribution in [0.25, 0.3) is 0 Å². The third kappa shape index (κ3) is 2.86. The fourth-order valence-corrected chi connectivity index (χ4v) is 6.70. The smallest absolute Gasteiger partial charge is 0.290 e. The lowest BCUT2D eigenvalue weighted by molar-refractivity contribution is 0.171. The van der Waals surface area contributed by atoms with Crippen molar-refractivity contribution in [3.05, 3.63) is 40.3 Å². The molecular formula is C23H29N2O4S-. The Bertz CT molecular complexity index is 1070. The summed E-state index contributed by atoms with van der Waals surface area (Å²) in [6, 6.07) is 2.95. The normalized spacial score (nSPS) is 24.1. The minimum absolute atomic E-state index is 0.493. The molecule has 30 heavy (non-hydrogen) atoms. The largest absolute Gasteiger partial charge is 0.567 e. The minimum atomic E-state index is -0.670. The second kappa shape index (κ2) is 7.54. The Morgan fingerprint density at radius 1 is 1.27 bits per heavy atom. The second-order valence-corrected chi connectivity index (χ2v) is 9.71. The third-order valence-electron chi connectivity index (χ3n) is 6.36. The number of unbranched alkanes of at least 4 members (excludes halogenated alkanes) is 1. The highest BCUT2D eigenvalue weighted by molar-refractivity contribution is 7.95. The van der Waals surface area contributed by atoms with Crippen LogP contribution in [0.4, 0.5) is 5.69 Å². The number of amidine groups is 1. The Kier molecular flexibility index (Phi) is 4.98. The molecule has 1 aliphatic carbocycles. The minimum Gasteiger partial charge on any atom is -0.567 e. The molecule has 5 rings (SSSR count). The molecule has 0 aromatic heterocycles. The number of anilines is 1. The maximum Gasteiger partial charge on any atom is 0.290 e. The molecule has 4 aliphatic rings. The highest BCUT2D eigenvalue weighted by Crippen LogP contribution is 2.38. The lowest BCUT2D eigenvalue weighted by Gasteiger charge is -2.45. The Morgan fingerprint density at radius 3 is 2.90 bits per heavy atom. The molecule has 0 saturated carbocycles. The molecule has 162 valence electrons. The van der Waals surface area contributed by atoms with Gasteiger partial charge in [-0.05, 0) is 61.3 Å². The number of rotatable bonds is 5. The first kappa shape index (κ1) is 19.8. The van der Waals surface area contributed by atoms with Gasteiger partial charge >= 0.3 is 0 Å². The predicted octanol–water partition coefficient (Wildman–Crippen LogP) is 3.38. The molecule has 3 heterocycles. The summed E-state index contributed by atoms with van der Waals surface area (Å²) in [6.07, 6.45) is 8.82. The van der Waals surface area contributed by atoms with Crippen LogP contribution in [0.5, 0.6) is 0 Å². The maximum atomic E-state index is 6.42. The quantitative estimate of drug-likeness (QED) is 0.574. The van der Waals surface area contributed by atoms with E-state index in [4.69, 9.17) is 23.4 Å². The molecule has 3 aliphatic heterocycles. The van der Waals surface area contributed by atoms with E-state index in [1.54, 1.807) is 14.2 Å². The van der Waals surface area contributed by atoms with Gasteiger partial charge in [-0.3, -0.25) is 10.4 Å². The average Bonchev–Trinajstić information content (AvgIpc) is 3.45. The van der Waals surface area contributed by atoms with Crippen LogP contribution in [0.1, 0.15) is 48.4 Å². The first-order valence-corrected chi connectivity index (χ1v) is 11.9. The number of nitrogens with zero attached hydrogens (tertiary/aromatic N) is 1. The number of benzene rings is 1. The van der Waals surface area contributed by atoms with Crippen molar-refractivity contribution in [3.63, 3.8) is 0 Å². The van der Waals surface area contributed by atoms with Gasteiger partial charge in [-0.2, -0.15) is 0 Å². The summed E-state index contributed by atoms with van der Waals surface area (Å²) in [5.74, 6) is 0.503. The maximum absolute atomic E-state index is 6.42. The van der Waals surface area contributed by atoms with Gasteiger partial charge in [0.1, 0.15) is 0 Å². The lowest BCUT2D eigenvalue weighted by Crippen LogP contribution is -2.58. The molecule has 1 spiro atoms. The van der Waals surface area contributed by atoms with Crippen molar-refractivity contribution in [1.82, 2.24) is 0 Å². The highest BCUT2D eigenvalue weighted by Gasteiger charge is 2.48. The zero-order valence-electron chi connectivity index (χ0n) is 18.1. The SMILES string of the molecule is CCCCc1c(C)cc2c(c1NC1=NCC3(O1)C1=[S-](=C3OC)OC(OC)=C1)CCC2. The van der Waals surface area contributed by atoms with E-state index in [0.29, 0.717) is 18.5 Å². The van der Waals surface area contributed by atoms with E-state index in [1.165, 1.54) is 47.2 Å². The van der Waals surface area contributed by atoms with Crippen LogP contribution in [-0.4, -0.2) is 42.3 Å². The Labute approximate surface area is 180 Å². The van der Waals surface area contributed by atoms with Crippen molar-refractivity contribution in [2.24, 2.45) is 4.99 Å². The zero-order valence-corrected chi connectivity index (χ0v) is 18.9. The van der Waals surface area contributed by atoms with Crippen molar-refractivity contribution in [2.45, 2.75) is 58.0 Å². The molecular weight excluding hydrogens is 400 g/mol. The van der Waals surface area contributed by atoms with Gasteiger partial charge in [-0.25, -0.2) is 4.99 Å². The van der Waals surface area contributed by atoms with Crippen LogP contribution >= 0.6 is 0 Å². The van der Waals surface area contributed by atoms with Crippen LogP contribution in [0, 0.1) is 6.92 Å². The fourth-order valence-electron chi connectivity index (χ4n) is 4.84. The number of methoxy groups -OCH3 is 2. The van der Waals surface area contributed by atoms with Gasteiger partial charge in [-0.1, -0.05) is 24.3 Å². The average molecular weight is 430 g/mol. The predicted molar refractivity (Wildman–Crippen MR) is 122 cm³/mol. The first-order valence-electron chi connectivity index (χ1n) is 10.7. The molecule has 0 amide bonds. The van der Waals surface area contributed by atoms with Gasteiger partial charge in [0, 0.05) is 23.9 Å². The zero-order chi connectivity index (χ0) is 20.9. The number of hydrogen-bond donors (Lipinski definition) is 1. The molecule has 0 radical (unpaired) electrons. The summed E-state index contributed by atoms with van der Waals surface area (Å²) in [6.45, 7) is 4.96. The van der Waals surface area contributed by atoms with Crippen molar-refractivity contribution in [1.29, 1.82) is 0 Å². The van der Waals surface area contributed by atoms with Crippen LogP contribution in [0.2, 0.25) is 0 Å². The van der Waals surface area contributed by atoms with Gasteiger partial charge in [0.05, 0.1) is 13.7 Å². The number of hydrogen-bond acceptors (Lipinski definition) is 7. The monoisotopic (exact) mass is 429 g/mol. The van der Waals surface area contributed by atoms with Crippen molar-refractivity contribution >= 4 is 32.0 Å². The van der Waals surface area contributed by atoms with Crippen molar-refractivity contribution < 1.29 is 18.4 Å². The van der Waals surface area contributed by atoms with Crippen LogP contribution < -0.4 is 5.32 Å². The summed E-state index contributed by atoms with van der Waals surface area (Å²) >= 11 is 0. The number of fused-ring (bicyclic) bond motifs is 2. The highest BCUT2D eigenvalue weighted by atomic mass is 32.2. The fraction of sp³-hybridized carbons (Fsp3) is 0.522. The van der Waals surface area contributed by atoms with Gasteiger partial charge in [0.15, 0.2) is 5.60 Å². The van der Waals surface area contributed by atoms with Crippen LogP contribution in [0.3, 0.4) is 0 Å². The topological polar surface area (TPSA) is 61.3 Å². The second-order valence-electron chi connectivity index (χ2n) is 8.19. The number of nitrogens with one attached hydrogen (secondary N) is 1. The summed E-state index contributed by atoms with van der Waals surface area (Å²) < 4.78 is 23.2. The van der Waals surface area contributed by atoms with Crippen LogP contribution in [-0.2, 0) is 48.0 Å². The molecule has 1 N–H and O–H groups in total. The van der Waals surface area contributed by atoms with E-state index < -0.39 is 16.0 Å². The number of ether oxygens (including phenoxy) is 3. The van der Waals surface area contributed by atoms with Crippen molar-refractivity contribution in [3.8, 4) is 0 Å². The number of aliphatic imine (C=N–C) groups is 1. The molecule has 0 fully saturated rings. The Balaban J connectivity index is 1.43. The third-order valence-corrected chi connectivity index (χ3v) is 8.37. The molecule has 1 aromatic carbocycles. The van der Waals surface area contributed by atoms with Gasteiger partial charge < -0.3 is 23.7 Å².